The van der Waals surface area contributed by atoms with Crippen LogP contribution in [0.1, 0.15) is 18.1 Å². The number of halogens is 2. The Kier molecular flexibility index (Phi) is 6.22. The molecule has 0 atom stereocenters. The molecule has 0 aliphatic heterocycles. The Hall–Kier alpha value is -2.76. The van der Waals surface area contributed by atoms with Crippen molar-refractivity contribution < 1.29 is 23.1 Å². The summed E-state index contributed by atoms with van der Waals surface area (Å²) in [6.45, 7) is 3.49. The van der Waals surface area contributed by atoms with Gasteiger partial charge in [0, 0.05) is 11.8 Å². The largest absolute Gasteiger partial charge is 0.465 e. The molecular formula is C19H19F2NO3. The van der Waals surface area contributed by atoms with E-state index in [1.54, 1.807) is 31.2 Å². The van der Waals surface area contributed by atoms with Gasteiger partial charge in [-0.3, -0.25) is 9.59 Å². The van der Waals surface area contributed by atoms with Crippen molar-refractivity contribution in [2.24, 2.45) is 0 Å². The first-order chi connectivity index (χ1) is 11.9. The third kappa shape index (κ3) is 5.11. The van der Waals surface area contributed by atoms with Crippen molar-refractivity contribution in [3.05, 3.63) is 65.2 Å². The number of carbonyl (C=O) groups excluding carboxylic acids is 2. The summed E-state index contributed by atoms with van der Waals surface area (Å²) in [5, 5.41) is 0. The molecule has 2 rings (SSSR count). The Balaban J connectivity index is 2.25. The maximum atomic E-state index is 13.8. The second-order valence-electron chi connectivity index (χ2n) is 5.53. The van der Waals surface area contributed by atoms with Gasteiger partial charge in [0.2, 0.25) is 5.91 Å². The number of ether oxygens (including phenoxy) is 1. The monoisotopic (exact) mass is 347 g/mol. The first-order valence-corrected chi connectivity index (χ1v) is 7.87. The minimum absolute atomic E-state index is 0.0624. The Bertz CT molecular complexity index is 760. The smallest absolute Gasteiger partial charge is 0.326 e. The van der Waals surface area contributed by atoms with Crippen LogP contribution in [0.15, 0.2) is 42.5 Å². The summed E-state index contributed by atoms with van der Waals surface area (Å²) >= 11 is 0. The van der Waals surface area contributed by atoms with E-state index in [0.717, 1.165) is 17.7 Å². The Morgan fingerprint density at radius 1 is 1.08 bits per heavy atom. The lowest BCUT2D eigenvalue weighted by Crippen LogP contribution is -2.37. The first-order valence-electron chi connectivity index (χ1n) is 7.87. The van der Waals surface area contributed by atoms with Crippen molar-refractivity contribution in [2.45, 2.75) is 20.3 Å². The summed E-state index contributed by atoms with van der Waals surface area (Å²) < 4.78 is 31.7. The molecule has 0 saturated carbocycles. The van der Waals surface area contributed by atoms with Gasteiger partial charge in [0.15, 0.2) is 0 Å². The van der Waals surface area contributed by atoms with E-state index in [2.05, 4.69) is 0 Å². The number of amides is 1. The highest BCUT2D eigenvalue weighted by atomic mass is 19.1. The molecule has 0 N–H and O–H groups in total. The Morgan fingerprint density at radius 2 is 1.76 bits per heavy atom. The summed E-state index contributed by atoms with van der Waals surface area (Å²) in [6, 6.07) is 10.1. The molecule has 0 heterocycles. The van der Waals surface area contributed by atoms with Crippen LogP contribution < -0.4 is 4.90 Å². The molecule has 2 aromatic rings. The number of hydrogen-bond donors (Lipinski definition) is 0. The zero-order valence-electron chi connectivity index (χ0n) is 14.1. The summed E-state index contributed by atoms with van der Waals surface area (Å²) in [6.07, 6.45) is -0.292. The molecule has 0 fully saturated rings. The van der Waals surface area contributed by atoms with E-state index in [1.807, 2.05) is 6.92 Å². The topological polar surface area (TPSA) is 46.6 Å². The molecule has 2 aromatic carbocycles. The third-order valence-electron chi connectivity index (χ3n) is 3.60. The Morgan fingerprint density at radius 3 is 2.36 bits per heavy atom. The normalized spacial score (nSPS) is 10.4. The fourth-order valence-electron chi connectivity index (χ4n) is 2.31. The van der Waals surface area contributed by atoms with E-state index < -0.39 is 23.5 Å². The van der Waals surface area contributed by atoms with E-state index in [1.165, 1.54) is 11.0 Å². The molecule has 0 aliphatic carbocycles. The third-order valence-corrected chi connectivity index (χ3v) is 3.60. The van der Waals surface area contributed by atoms with Crippen LogP contribution in [-0.4, -0.2) is 25.0 Å². The van der Waals surface area contributed by atoms with Gasteiger partial charge < -0.3 is 9.64 Å². The lowest BCUT2D eigenvalue weighted by atomic mass is 10.1. The van der Waals surface area contributed by atoms with Crippen molar-refractivity contribution >= 4 is 17.6 Å². The van der Waals surface area contributed by atoms with Gasteiger partial charge in [-0.05, 0) is 37.6 Å². The fourth-order valence-corrected chi connectivity index (χ4v) is 2.31. The van der Waals surface area contributed by atoms with E-state index in [4.69, 9.17) is 4.74 Å². The molecule has 25 heavy (non-hydrogen) atoms. The van der Waals surface area contributed by atoms with Crippen molar-refractivity contribution in [2.75, 3.05) is 18.1 Å². The quantitative estimate of drug-likeness (QED) is 0.753. The number of anilines is 1. The summed E-state index contributed by atoms with van der Waals surface area (Å²) in [5.74, 6) is -2.55. The van der Waals surface area contributed by atoms with E-state index in [0.29, 0.717) is 5.69 Å². The Labute approximate surface area is 145 Å². The predicted octanol–water partition coefficient (Wildman–Crippen LogP) is 3.41. The van der Waals surface area contributed by atoms with Gasteiger partial charge in [-0.1, -0.05) is 23.8 Å². The van der Waals surface area contributed by atoms with E-state index in [-0.39, 0.29) is 25.1 Å². The number of carbonyl (C=O) groups is 2. The van der Waals surface area contributed by atoms with Crippen LogP contribution >= 0.6 is 0 Å². The summed E-state index contributed by atoms with van der Waals surface area (Å²) in [7, 11) is 0. The molecular weight excluding hydrogens is 328 g/mol. The van der Waals surface area contributed by atoms with Gasteiger partial charge in [-0.15, -0.1) is 0 Å². The zero-order chi connectivity index (χ0) is 18.4. The van der Waals surface area contributed by atoms with Crippen molar-refractivity contribution in [3.63, 3.8) is 0 Å². The summed E-state index contributed by atoms with van der Waals surface area (Å²) in [4.78, 5) is 25.7. The first kappa shape index (κ1) is 18.6. The average molecular weight is 347 g/mol. The van der Waals surface area contributed by atoms with Crippen molar-refractivity contribution in [1.82, 2.24) is 0 Å². The molecule has 0 aliphatic rings. The molecule has 0 radical (unpaired) electrons. The number of hydrogen-bond acceptors (Lipinski definition) is 3. The second kappa shape index (κ2) is 8.37. The van der Waals surface area contributed by atoms with E-state index >= 15 is 0 Å². The zero-order valence-corrected chi connectivity index (χ0v) is 14.1. The van der Waals surface area contributed by atoms with E-state index in [9.17, 15) is 18.4 Å². The average Bonchev–Trinajstić information content (AvgIpc) is 2.56. The number of nitrogens with zero attached hydrogens (tertiary/aromatic N) is 1. The van der Waals surface area contributed by atoms with Crippen LogP contribution in [0.2, 0.25) is 0 Å². The molecule has 132 valence electrons. The van der Waals surface area contributed by atoms with Crippen LogP contribution in [0.5, 0.6) is 0 Å². The predicted molar refractivity (Wildman–Crippen MR) is 90.2 cm³/mol. The highest BCUT2D eigenvalue weighted by Crippen LogP contribution is 2.18. The van der Waals surface area contributed by atoms with Crippen LogP contribution in [0.25, 0.3) is 0 Å². The standard InChI is InChI=1S/C19H19F2NO3/c1-3-25-19(24)12-22(16-8-4-13(2)5-9-16)18(23)10-14-6-7-15(20)11-17(14)21/h4-9,11H,3,10,12H2,1-2H3. The minimum Gasteiger partial charge on any atom is -0.465 e. The maximum absolute atomic E-state index is 13.8. The molecule has 0 aromatic heterocycles. The minimum atomic E-state index is -0.798. The van der Waals surface area contributed by atoms with Crippen LogP contribution in [-0.2, 0) is 20.7 Å². The molecule has 0 bridgehead atoms. The van der Waals surface area contributed by atoms with Crippen molar-refractivity contribution in [1.29, 1.82) is 0 Å². The summed E-state index contributed by atoms with van der Waals surface area (Å²) in [5.41, 5.74) is 1.57. The number of rotatable bonds is 6. The second-order valence-corrected chi connectivity index (χ2v) is 5.53. The number of aryl methyl sites for hydroxylation is 1. The van der Waals surface area contributed by atoms with Gasteiger partial charge in [0.05, 0.1) is 13.0 Å². The van der Waals surface area contributed by atoms with Crippen LogP contribution in [0, 0.1) is 18.6 Å². The molecule has 0 unspecified atom stereocenters. The molecule has 0 spiro atoms. The molecule has 4 nitrogen and oxygen atoms in total. The van der Waals surface area contributed by atoms with Crippen LogP contribution in [0.3, 0.4) is 0 Å². The fraction of sp³-hybridized carbons (Fsp3) is 0.263. The van der Waals surface area contributed by atoms with Gasteiger partial charge >= 0.3 is 5.97 Å². The number of esters is 1. The highest BCUT2D eigenvalue weighted by molar-refractivity contribution is 5.98. The lowest BCUT2D eigenvalue weighted by molar-refractivity contribution is -0.142. The van der Waals surface area contributed by atoms with Crippen LogP contribution in [0.4, 0.5) is 14.5 Å². The molecule has 6 heteroatoms. The lowest BCUT2D eigenvalue weighted by Gasteiger charge is -2.22. The SMILES string of the molecule is CCOC(=O)CN(C(=O)Cc1ccc(F)cc1F)c1ccc(C)cc1. The highest BCUT2D eigenvalue weighted by Gasteiger charge is 2.21. The molecule has 1 amide bonds. The number of benzene rings is 2. The van der Waals surface area contributed by atoms with Gasteiger partial charge in [-0.2, -0.15) is 0 Å². The maximum Gasteiger partial charge on any atom is 0.326 e. The van der Waals surface area contributed by atoms with Crippen molar-refractivity contribution in [3.8, 4) is 0 Å². The molecule has 0 saturated heterocycles. The van der Waals surface area contributed by atoms with Gasteiger partial charge in [-0.25, -0.2) is 8.78 Å². The van der Waals surface area contributed by atoms with Gasteiger partial charge in [0.25, 0.3) is 0 Å². The van der Waals surface area contributed by atoms with Gasteiger partial charge in [0.1, 0.15) is 18.2 Å².